The molecule has 0 aliphatic heterocycles. The molecule has 0 aliphatic carbocycles. The average Bonchev–Trinajstić information content (AvgIpc) is 2.25. The number of aliphatic carboxylic acids is 1. The van der Waals surface area contributed by atoms with Gasteiger partial charge in [0.2, 0.25) is 0 Å². The summed E-state index contributed by atoms with van der Waals surface area (Å²) in [6, 6.07) is 5.39. The second-order valence-corrected chi connectivity index (χ2v) is 3.60. The van der Waals surface area contributed by atoms with E-state index >= 15 is 0 Å². The zero-order valence-corrected chi connectivity index (χ0v) is 9.36. The molecule has 0 heterocycles. The minimum absolute atomic E-state index is 0.00363. The Hall–Kier alpha value is -2.05. The second kappa shape index (κ2) is 5.07. The van der Waals surface area contributed by atoms with Gasteiger partial charge < -0.3 is 10.0 Å². The van der Waals surface area contributed by atoms with E-state index in [0.717, 1.165) is 7.05 Å². The lowest BCUT2D eigenvalue weighted by molar-refractivity contribution is -0.170. The highest BCUT2D eigenvalue weighted by atomic mass is 19.4. The molecule has 0 saturated heterocycles. The number of alkyl halides is 3. The van der Waals surface area contributed by atoms with Crippen LogP contribution in [0.1, 0.15) is 5.56 Å². The fourth-order valence-corrected chi connectivity index (χ4v) is 1.36. The van der Waals surface area contributed by atoms with Crippen LogP contribution in [0.5, 0.6) is 0 Å². The highest BCUT2D eigenvalue weighted by Gasteiger charge is 2.41. The van der Waals surface area contributed by atoms with Crippen LogP contribution < -0.4 is 4.90 Å². The Labute approximate surface area is 101 Å². The SMILES string of the molecule is CN(C(=O)C(F)(F)F)c1cccc(CC(=O)O)c1. The van der Waals surface area contributed by atoms with Gasteiger partial charge in [-0.3, -0.25) is 9.59 Å². The Morgan fingerprint density at radius 3 is 2.44 bits per heavy atom. The smallest absolute Gasteiger partial charge is 0.471 e. The highest BCUT2D eigenvalue weighted by Crippen LogP contribution is 2.23. The van der Waals surface area contributed by atoms with Gasteiger partial charge in [0.05, 0.1) is 6.42 Å². The van der Waals surface area contributed by atoms with Gasteiger partial charge in [-0.15, -0.1) is 0 Å². The summed E-state index contributed by atoms with van der Waals surface area (Å²) in [5.41, 5.74) is 0.317. The van der Waals surface area contributed by atoms with Gasteiger partial charge in [0.15, 0.2) is 0 Å². The van der Waals surface area contributed by atoms with Crippen molar-refractivity contribution in [2.45, 2.75) is 12.6 Å². The molecule has 0 unspecified atom stereocenters. The summed E-state index contributed by atoms with van der Waals surface area (Å²) in [5.74, 6) is -3.10. The predicted molar refractivity (Wildman–Crippen MR) is 57.2 cm³/mol. The van der Waals surface area contributed by atoms with Crippen LogP contribution in [0.25, 0.3) is 0 Å². The van der Waals surface area contributed by atoms with E-state index in [1.165, 1.54) is 24.3 Å². The average molecular weight is 261 g/mol. The number of hydrogen-bond acceptors (Lipinski definition) is 2. The largest absolute Gasteiger partial charge is 0.481 e. The summed E-state index contributed by atoms with van der Waals surface area (Å²) < 4.78 is 36.6. The van der Waals surface area contributed by atoms with Crippen LogP contribution in [0.4, 0.5) is 18.9 Å². The molecule has 7 heteroatoms. The van der Waals surface area contributed by atoms with Crippen molar-refractivity contribution >= 4 is 17.6 Å². The Bertz CT molecular complexity index is 471. The molecule has 0 bridgehead atoms. The number of carbonyl (C=O) groups is 2. The fourth-order valence-electron chi connectivity index (χ4n) is 1.36. The van der Waals surface area contributed by atoms with E-state index in [0.29, 0.717) is 10.5 Å². The lowest BCUT2D eigenvalue weighted by atomic mass is 10.1. The Balaban J connectivity index is 2.96. The van der Waals surface area contributed by atoms with Gasteiger partial charge in [0.25, 0.3) is 0 Å². The van der Waals surface area contributed by atoms with Gasteiger partial charge in [0, 0.05) is 12.7 Å². The third-order valence-corrected chi connectivity index (χ3v) is 2.20. The third-order valence-electron chi connectivity index (χ3n) is 2.20. The van der Waals surface area contributed by atoms with Crippen molar-refractivity contribution in [2.24, 2.45) is 0 Å². The lowest BCUT2D eigenvalue weighted by Gasteiger charge is -2.19. The zero-order chi connectivity index (χ0) is 13.9. The maximum absolute atomic E-state index is 12.2. The van der Waals surface area contributed by atoms with E-state index in [2.05, 4.69) is 0 Å². The van der Waals surface area contributed by atoms with Crippen molar-refractivity contribution in [2.75, 3.05) is 11.9 Å². The maximum atomic E-state index is 12.2. The molecule has 0 spiro atoms. The second-order valence-electron chi connectivity index (χ2n) is 3.60. The van der Waals surface area contributed by atoms with Crippen LogP contribution >= 0.6 is 0 Å². The molecule has 1 aromatic carbocycles. The number of anilines is 1. The van der Waals surface area contributed by atoms with E-state index in [4.69, 9.17) is 5.11 Å². The van der Waals surface area contributed by atoms with Gasteiger partial charge in [-0.25, -0.2) is 0 Å². The molecular formula is C11H10F3NO3. The van der Waals surface area contributed by atoms with Crippen molar-refractivity contribution < 1.29 is 27.9 Å². The first kappa shape index (κ1) is 14.0. The van der Waals surface area contributed by atoms with Gasteiger partial charge in [-0.1, -0.05) is 12.1 Å². The van der Waals surface area contributed by atoms with Crippen LogP contribution in [0.3, 0.4) is 0 Å². The van der Waals surface area contributed by atoms with Crippen molar-refractivity contribution in [1.29, 1.82) is 0 Å². The molecule has 0 saturated carbocycles. The topological polar surface area (TPSA) is 57.6 Å². The van der Waals surface area contributed by atoms with E-state index < -0.39 is 18.1 Å². The molecule has 1 amide bonds. The minimum Gasteiger partial charge on any atom is -0.481 e. The first-order chi connectivity index (χ1) is 8.21. The standard InChI is InChI=1S/C11H10F3NO3/c1-15(10(18)11(12,13)14)8-4-2-3-7(5-8)6-9(16)17/h2-5H,6H2,1H3,(H,16,17). The predicted octanol–water partition coefficient (Wildman–Crippen LogP) is 1.84. The normalized spacial score (nSPS) is 11.1. The van der Waals surface area contributed by atoms with Crippen LogP contribution in [0.2, 0.25) is 0 Å². The van der Waals surface area contributed by atoms with Gasteiger partial charge >= 0.3 is 18.1 Å². The highest BCUT2D eigenvalue weighted by molar-refractivity contribution is 5.96. The summed E-state index contributed by atoms with van der Waals surface area (Å²) in [4.78, 5) is 21.9. The molecule has 18 heavy (non-hydrogen) atoms. The Kier molecular flexibility index (Phi) is 3.95. The molecule has 98 valence electrons. The van der Waals surface area contributed by atoms with E-state index in [-0.39, 0.29) is 12.1 Å². The number of nitrogens with zero attached hydrogens (tertiary/aromatic N) is 1. The molecule has 1 aromatic rings. The molecule has 0 fully saturated rings. The molecule has 1 N–H and O–H groups in total. The first-order valence-electron chi connectivity index (χ1n) is 4.87. The zero-order valence-electron chi connectivity index (χ0n) is 9.36. The number of hydrogen-bond donors (Lipinski definition) is 1. The number of carboxylic acids is 1. The van der Waals surface area contributed by atoms with E-state index in [1.807, 2.05) is 0 Å². The number of carboxylic acid groups (broad SMARTS) is 1. The van der Waals surface area contributed by atoms with Gasteiger partial charge in [-0.2, -0.15) is 13.2 Å². The van der Waals surface area contributed by atoms with Crippen LogP contribution in [0.15, 0.2) is 24.3 Å². The summed E-state index contributed by atoms with van der Waals surface area (Å²) >= 11 is 0. The molecule has 0 aromatic heterocycles. The number of amides is 1. The van der Waals surface area contributed by atoms with Crippen molar-refractivity contribution in [3.8, 4) is 0 Å². The number of benzene rings is 1. The molecule has 4 nitrogen and oxygen atoms in total. The van der Waals surface area contributed by atoms with Crippen molar-refractivity contribution in [3.63, 3.8) is 0 Å². The molecule has 0 aliphatic rings. The Morgan fingerprint density at radius 2 is 1.94 bits per heavy atom. The summed E-state index contributed by atoms with van der Waals surface area (Å²) in [7, 11) is 0.982. The minimum atomic E-state index is -4.96. The van der Waals surface area contributed by atoms with Crippen molar-refractivity contribution in [3.05, 3.63) is 29.8 Å². The number of rotatable bonds is 3. The van der Waals surface area contributed by atoms with Crippen LogP contribution in [0, 0.1) is 0 Å². The maximum Gasteiger partial charge on any atom is 0.471 e. The van der Waals surface area contributed by atoms with Crippen LogP contribution in [-0.2, 0) is 16.0 Å². The summed E-state index contributed by atoms with van der Waals surface area (Å²) in [6.07, 6.45) is -5.28. The first-order valence-corrected chi connectivity index (χ1v) is 4.87. The molecule has 0 radical (unpaired) electrons. The van der Waals surface area contributed by atoms with Crippen LogP contribution in [-0.4, -0.2) is 30.2 Å². The summed E-state index contributed by atoms with van der Waals surface area (Å²) in [5, 5.41) is 8.57. The Morgan fingerprint density at radius 1 is 1.33 bits per heavy atom. The molecule has 1 rings (SSSR count). The van der Waals surface area contributed by atoms with E-state index in [9.17, 15) is 22.8 Å². The molecule has 0 atom stereocenters. The van der Waals surface area contributed by atoms with Gasteiger partial charge in [0.1, 0.15) is 0 Å². The van der Waals surface area contributed by atoms with Gasteiger partial charge in [-0.05, 0) is 17.7 Å². The van der Waals surface area contributed by atoms with E-state index in [1.54, 1.807) is 0 Å². The third kappa shape index (κ3) is 3.47. The monoisotopic (exact) mass is 261 g/mol. The lowest BCUT2D eigenvalue weighted by Crippen LogP contribution is -2.38. The van der Waals surface area contributed by atoms with Crippen molar-refractivity contribution in [1.82, 2.24) is 0 Å². The number of halogens is 3. The molecular weight excluding hydrogens is 251 g/mol. The quantitative estimate of drug-likeness (QED) is 0.903. The summed E-state index contributed by atoms with van der Waals surface area (Å²) in [6.45, 7) is 0. The number of carbonyl (C=O) groups excluding carboxylic acids is 1. The fraction of sp³-hybridized carbons (Fsp3) is 0.273.